The predicted octanol–water partition coefficient (Wildman–Crippen LogP) is 2.44. The summed E-state index contributed by atoms with van der Waals surface area (Å²) in [6, 6.07) is 1.52. The smallest absolute Gasteiger partial charge is 0.288 e. The van der Waals surface area contributed by atoms with Gasteiger partial charge in [0.25, 0.3) is 11.7 Å². The average Bonchev–Trinajstić information content (AvgIpc) is 2.78. The molecule has 0 aliphatic carbocycles. The van der Waals surface area contributed by atoms with Gasteiger partial charge in [-0.25, -0.2) is 9.72 Å². The Morgan fingerprint density at radius 1 is 1.12 bits per heavy atom. The second-order valence-electron chi connectivity index (χ2n) is 4.78. The molecule has 0 saturated carbocycles. The molecule has 0 bridgehead atoms. The molecule has 0 fully saturated rings. The summed E-state index contributed by atoms with van der Waals surface area (Å²) in [7, 11) is 0. The molecule has 7 nitrogen and oxygen atoms in total. The molecule has 2 aromatic rings. The van der Waals surface area contributed by atoms with Gasteiger partial charge in [-0.15, -0.1) is 18.3 Å². The van der Waals surface area contributed by atoms with Crippen LogP contribution in [0.5, 0.6) is 0 Å². The van der Waals surface area contributed by atoms with Crippen molar-refractivity contribution in [2.75, 3.05) is 5.32 Å². The summed E-state index contributed by atoms with van der Waals surface area (Å²) < 4.78 is 91.0. The van der Waals surface area contributed by atoms with Gasteiger partial charge in [-0.2, -0.15) is 27.1 Å². The van der Waals surface area contributed by atoms with Crippen molar-refractivity contribution < 1.29 is 40.3 Å². The maximum absolute atomic E-state index is 13.3. The molecule has 2 aromatic heterocycles. The van der Waals surface area contributed by atoms with Crippen molar-refractivity contribution >= 4 is 17.6 Å². The molecule has 0 radical (unpaired) electrons. The van der Waals surface area contributed by atoms with Crippen LogP contribution in [-0.2, 0) is 9.53 Å². The zero-order valence-electron chi connectivity index (χ0n) is 12.3. The molecule has 0 aliphatic heterocycles. The lowest BCUT2D eigenvalue weighted by Crippen LogP contribution is -2.53. The minimum Gasteiger partial charge on any atom is -0.288 e. The van der Waals surface area contributed by atoms with E-state index in [2.05, 4.69) is 15.1 Å². The van der Waals surface area contributed by atoms with Crippen LogP contribution in [0.25, 0.3) is 5.78 Å². The molecule has 0 unspecified atom stereocenters. The number of anilines is 1. The highest BCUT2D eigenvalue weighted by Gasteiger charge is 2.67. The Kier molecular flexibility index (Phi) is 4.36. The average molecular weight is 375 g/mol. The van der Waals surface area contributed by atoms with Gasteiger partial charge in [-0.1, -0.05) is 0 Å². The predicted molar refractivity (Wildman–Crippen MR) is 65.9 cm³/mol. The van der Waals surface area contributed by atoms with Crippen LogP contribution in [0.1, 0.15) is 11.4 Å². The third kappa shape index (κ3) is 3.78. The van der Waals surface area contributed by atoms with Crippen LogP contribution in [0.4, 0.5) is 36.7 Å². The Hall–Kier alpha value is -2.51. The molecule has 0 spiro atoms. The van der Waals surface area contributed by atoms with Gasteiger partial charge in [0.15, 0.2) is 0 Å². The zero-order chi connectivity index (χ0) is 19.2. The molecule has 0 aromatic carbocycles. The van der Waals surface area contributed by atoms with Crippen molar-refractivity contribution in [1.29, 1.82) is 0 Å². The van der Waals surface area contributed by atoms with Crippen molar-refractivity contribution in [3.8, 4) is 0 Å². The van der Waals surface area contributed by atoms with Gasteiger partial charge in [-0.3, -0.25) is 10.1 Å². The molecule has 0 saturated heterocycles. The number of carbonyl (C=O) groups is 1. The molecule has 0 atom stereocenters. The SMILES string of the molecule is Cc1cc(C)n2nc(NC(=O)C(F)(F)C(F)(F)OC(F)(F)F)nc2n1. The molecular weight excluding hydrogens is 367 g/mol. The summed E-state index contributed by atoms with van der Waals surface area (Å²) in [4.78, 5) is 18.7. The standard InChI is InChI=1S/C11H8F7N5O2/c1-4-3-5(2)23-8(19-4)21-7(22-23)20-6(24)9(12,13)10(14,15)25-11(16,17)18/h3H,1-2H3,(H,20,22,24). The quantitative estimate of drug-likeness (QED) is 0.831. The van der Waals surface area contributed by atoms with Crippen molar-refractivity contribution in [1.82, 2.24) is 19.6 Å². The number of aromatic nitrogens is 4. The fourth-order valence-corrected chi connectivity index (χ4v) is 1.74. The van der Waals surface area contributed by atoms with Crippen molar-refractivity contribution in [2.24, 2.45) is 0 Å². The molecule has 2 rings (SSSR count). The van der Waals surface area contributed by atoms with Gasteiger partial charge in [0.1, 0.15) is 0 Å². The first-order valence-electron chi connectivity index (χ1n) is 6.28. The Morgan fingerprint density at radius 3 is 2.28 bits per heavy atom. The van der Waals surface area contributed by atoms with Crippen molar-refractivity contribution in [3.63, 3.8) is 0 Å². The Bertz CT molecular complexity index is 817. The number of carbonyl (C=O) groups excluding carboxylic acids is 1. The minimum absolute atomic E-state index is 0.144. The number of fused-ring (bicyclic) bond motifs is 1. The highest BCUT2D eigenvalue weighted by atomic mass is 19.4. The monoisotopic (exact) mass is 375 g/mol. The zero-order valence-corrected chi connectivity index (χ0v) is 12.3. The number of hydrogen-bond donors (Lipinski definition) is 1. The van der Waals surface area contributed by atoms with Crippen LogP contribution >= 0.6 is 0 Å². The van der Waals surface area contributed by atoms with Gasteiger partial charge in [0.05, 0.1) is 0 Å². The molecule has 2 heterocycles. The van der Waals surface area contributed by atoms with E-state index in [1.165, 1.54) is 18.3 Å². The molecule has 1 N–H and O–H groups in total. The number of aryl methyl sites for hydroxylation is 2. The first-order valence-corrected chi connectivity index (χ1v) is 6.28. The third-order valence-corrected chi connectivity index (χ3v) is 2.74. The number of amides is 1. The van der Waals surface area contributed by atoms with Crippen LogP contribution in [0.2, 0.25) is 0 Å². The van der Waals surface area contributed by atoms with E-state index in [0.29, 0.717) is 11.4 Å². The lowest BCUT2D eigenvalue weighted by molar-refractivity contribution is -0.457. The van der Waals surface area contributed by atoms with Gasteiger partial charge in [0, 0.05) is 11.4 Å². The van der Waals surface area contributed by atoms with E-state index >= 15 is 0 Å². The van der Waals surface area contributed by atoms with E-state index in [1.54, 1.807) is 6.92 Å². The summed E-state index contributed by atoms with van der Waals surface area (Å²) in [5, 5.41) is 4.74. The van der Waals surface area contributed by atoms with Gasteiger partial charge < -0.3 is 0 Å². The van der Waals surface area contributed by atoms with E-state index < -0.39 is 30.2 Å². The van der Waals surface area contributed by atoms with Gasteiger partial charge >= 0.3 is 24.3 Å². The van der Waals surface area contributed by atoms with E-state index in [0.717, 1.165) is 4.52 Å². The summed E-state index contributed by atoms with van der Waals surface area (Å²) in [6.45, 7) is 3.10. The van der Waals surface area contributed by atoms with E-state index in [9.17, 15) is 35.5 Å². The first kappa shape index (κ1) is 18.8. The highest BCUT2D eigenvalue weighted by Crippen LogP contribution is 2.40. The van der Waals surface area contributed by atoms with E-state index in [1.807, 2.05) is 4.74 Å². The number of rotatable bonds is 4. The van der Waals surface area contributed by atoms with Crippen LogP contribution in [-0.4, -0.2) is 43.9 Å². The Labute approximate surface area is 133 Å². The first-order chi connectivity index (χ1) is 11.2. The highest BCUT2D eigenvalue weighted by molar-refractivity contribution is 5.95. The number of alkyl halides is 7. The summed E-state index contributed by atoms with van der Waals surface area (Å²) >= 11 is 0. The molecule has 1 amide bonds. The normalized spacial score (nSPS) is 13.3. The number of nitrogens with zero attached hydrogens (tertiary/aromatic N) is 4. The third-order valence-electron chi connectivity index (χ3n) is 2.74. The molecule has 25 heavy (non-hydrogen) atoms. The molecule has 14 heteroatoms. The maximum atomic E-state index is 13.3. The van der Waals surface area contributed by atoms with Gasteiger partial charge in [0.2, 0.25) is 0 Å². The maximum Gasteiger partial charge on any atom is 0.527 e. The fraction of sp³-hybridized carbons (Fsp3) is 0.455. The number of hydrogen-bond acceptors (Lipinski definition) is 5. The summed E-state index contributed by atoms with van der Waals surface area (Å²) in [6.07, 6.45) is -12.2. The lowest BCUT2D eigenvalue weighted by Gasteiger charge is -2.25. The topological polar surface area (TPSA) is 81.4 Å². The van der Waals surface area contributed by atoms with Crippen LogP contribution in [0, 0.1) is 13.8 Å². The van der Waals surface area contributed by atoms with Crippen LogP contribution in [0.3, 0.4) is 0 Å². The minimum atomic E-state index is -6.14. The summed E-state index contributed by atoms with van der Waals surface area (Å²) in [5.74, 6) is -9.63. The van der Waals surface area contributed by atoms with Crippen molar-refractivity contribution in [3.05, 3.63) is 17.5 Å². The summed E-state index contributed by atoms with van der Waals surface area (Å²) in [5.41, 5.74) is 0.888. The van der Waals surface area contributed by atoms with Crippen molar-refractivity contribution in [2.45, 2.75) is 32.2 Å². The molecular formula is C11H8F7N5O2. The molecule has 138 valence electrons. The van der Waals surface area contributed by atoms with Gasteiger partial charge in [-0.05, 0) is 19.9 Å². The fourth-order valence-electron chi connectivity index (χ4n) is 1.74. The lowest BCUT2D eigenvalue weighted by atomic mass is 10.3. The van der Waals surface area contributed by atoms with E-state index in [4.69, 9.17) is 0 Å². The number of ether oxygens (including phenoxy) is 1. The number of halogens is 7. The second-order valence-corrected chi connectivity index (χ2v) is 4.78. The number of nitrogens with one attached hydrogen (secondary N) is 1. The Balaban J connectivity index is 2.27. The molecule has 0 aliphatic rings. The van der Waals surface area contributed by atoms with E-state index in [-0.39, 0.29) is 5.78 Å². The Morgan fingerprint density at radius 2 is 1.72 bits per heavy atom. The van der Waals surface area contributed by atoms with Crippen LogP contribution in [0.15, 0.2) is 6.07 Å². The van der Waals surface area contributed by atoms with Crippen LogP contribution < -0.4 is 5.32 Å². The second kappa shape index (κ2) is 5.79. The largest absolute Gasteiger partial charge is 0.527 e.